The molecule has 5 rings (SSSR count). The standard InChI is InChI=1S/C21H29F3N8O2S/c22-21(23,24)17-6-5-16(18(19(17)35(25,33)34)20-28-30-31-29-20)12-1-3-13(4-2-12)27-14-9-15-10-26-7-8-32(15)11-14/h5-6,12-15,26-27H,1-4,7-11H2,(H2,25,33,34)(H,28,29,30,31). The molecule has 2 saturated heterocycles. The van der Waals surface area contributed by atoms with E-state index in [-0.39, 0.29) is 17.3 Å². The molecule has 35 heavy (non-hydrogen) atoms. The van der Waals surface area contributed by atoms with Crippen molar-refractivity contribution in [2.45, 2.75) is 67.2 Å². The van der Waals surface area contributed by atoms with Gasteiger partial charge in [0, 0.05) is 49.9 Å². The van der Waals surface area contributed by atoms with Gasteiger partial charge in [0.15, 0.2) is 0 Å². The van der Waals surface area contributed by atoms with Crippen LogP contribution < -0.4 is 15.8 Å². The number of primary sulfonamides is 1. The van der Waals surface area contributed by atoms with E-state index in [2.05, 4.69) is 36.2 Å². The molecule has 1 aliphatic carbocycles. The summed E-state index contributed by atoms with van der Waals surface area (Å²) in [7, 11) is -4.74. The molecule has 10 nitrogen and oxygen atoms in total. The molecule has 3 fully saturated rings. The third-order valence-electron chi connectivity index (χ3n) is 7.47. The van der Waals surface area contributed by atoms with E-state index in [1.165, 1.54) is 6.07 Å². The van der Waals surface area contributed by atoms with Gasteiger partial charge in [0.05, 0.1) is 5.56 Å². The van der Waals surface area contributed by atoms with Crippen LogP contribution in [-0.2, 0) is 16.2 Å². The molecule has 3 heterocycles. The number of aromatic nitrogens is 4. The van der Waals surface area contributed by atoms with Crippen LogP contribution in [0.4, 0.5) is 13.2 Å². The number of alkyl halides is 3. The molecule has 2 unspecified atom stereocenters. The largest absolute Gasteiger partial charge is 0.417 e. The first-order valence-corrected chi connectivity index (χ1v) is 13.4. The van der Waals surface area contributed by atoms with Gasteiger partial charge in [-0.2, -0.15) is 18.4 Å². The lowest BCUT2D eigenvalue weighted by Crippen LogP contribution is -2.47. The Kier molecular flexibility index (Phi) is 6.59. The summed E-state index contributed by atoms with van der Waals surface area (Å²) in [6.07, 6.45) is -0.752. The second-order valence-electron chi connectivity index (χ2n) is 9.69. The van der Waals surface area contributed by atoms with Gasteiger partial charge in [-0.05, 0) is 54.9 Å². The smallest absolute Gasteiger partial charge is 0.314 e. The maximum Gasteiger partial charge on any atom is 0.417 e. The Morgan fingerprint density at radius 2 is 1.91 bits per heavy atom. The average Bonchev–Trinajstić information content (AvgIpc) is 3.47. The highest BCUT2D eigenvalue weighted by molar-refractivity contribution is 7.89. The first kappa shape index (κ1) is 24.6. The van der Waals surface area contributed by atoms with Gasteiger partial charge in [-0.15, -0.1) is 10.2 Å². The fourth-order valence-corrected chi connectivity index (χ4v) is 6.93. The van der Waals surface area contributed by atoms with E-state index < -0.39 is 26.7 Å². The molecule has 14 heteroatoms. The van der Waals surface area contributed by atoms with Crippen molar-refractivity contribution in [1.82, 2.24) is 36.2 Å². The summed E-state index contributed by atoms with van der Waals surface area (Å²) in [4.78, 5) is 1.52. The number of sulfonamides is 1. The van der Waals surface area contributed by atoms with Gasteiger partial charge in [0.2, 0.25) is 15.8 Å². The predicted octanol–water partition coefficient (Wildman–Crippen LogP) is 1.19. The predicted molar refractivity (Wildman–Crippen MR) is 121 cm³/mol. The van der Waals surface area contributed by atoms with Gasteiger partial charge in [-0.1, -0.05) is 6.07 Å². The van der Waals surface area contributed by atoms with Crippen molar-refractivity contribution in [3.8, 4) is 11.4 Å². The van der Waals surface area contributed by atoms with Crippen LogP contribution >= 0.6 is 0 Å². The number of nitrogens with zero attached hydrogens (tertiary/aromatic N) is 4. The normalized spacial score (nSPS) is 28.2. The molecule has 2 atom stereocenters. The SMILES string of the molecule is NS(=O)(=O)c1c(C(F)(F)F)ccc(C2CCC(NC3CC4CNCCN4C3)CC2)c1-c1nn[nH]n1. The summed E-state index contributed by atoms with van der Waals surface area (Å²) in [5, 5.41) is 25.7. The Labute approximate surface area is 201 Å². The molecule has 0 spiro atoms. The lowest BCUT2D eigenvalue weighted by atomic mass is 9.79. The number of hydrogen-bond acceptors (Lipinski definition) is 8. The minimum atomic E-state index is -4.91. The van der Waals surface area contributed by atoms with Gasteiger partial charge in [-0.25, -0.2) is 13.6 Å². The fraction of sp³-hybridized carbons (Fsp3) is 0.667. The van der Waals surface area contributed by atoms with Gasteiger partial charge in [0.1, 0.15) is 4.90 Å². The summed E-state index contributed by atoms with van der Waals surface area (Å²) < 4.78 is 65.9. The Morgan fingerprint density at radius 3 is 2.54 bits per heavy atom. The monoisotopic (exact) mass is 514 g/mol. The van der Waals surface area contributed by atoms with Crippen molar-refractivity contribution in [3.05, 3.63) is 23.3 Å². The number of nitrogens with one attached hydrogen (secondary N) is 3. The number of hydrogen-bond donors (Lipinski definition) is 4. The maximum absolute atomic E-state index is 13.7. The summed E-state index contributed by atoms with van der Waals surface area (Å²) in [6, 6.07) is 3.44. The van der Waals surface area contributed by atoms with Crippen molar-refractivity contribution in [3.63, 3.8) is 0 Å². The molecular weight excluding hydrogens is 485 g/mol. The van der Waals surface area contributed by atoms with Crippen molar-refractivity contribution in [1.29, 1.82) is 0 Å². The molecular formula is C21H29F3N8O2S. The topological polar surface area (TPSA) is 142 Å². The van der Waals surface area contributed by atoms with Crippen LogP contribution in [0.25, 0.3) is 11.4 Å². The molecule has 3 aliphatic rings. The van der Waals surface area contributed by atoms with Crippen molar-refractivity contribution >= 4 is 10.0 Å². The van der Waals surface area contributed by atoms with Crippen molar-refractivity contribution < 1.29 is 21.6 Å². The zero-order chi connectivity index (χ0) is 24.8. The summed E-state index contributed by atoms with van der Waals surface area (Å²) in [6.45, 7) is 4.13. The molecule has 2 aliphatic heterocycles. The van der Waals surface area contributed by atoms with Crippen LogP contribution in [0.2, 0.25) is 0 Å². The van der Waals surface area contributed by atoms with E-state index >= 15 is 0 Å². The van der Waals surface area contributed by atoms with E-state index in [0.29, 0.717) is 36.5 Å². The molecule has 1 aromatic carbocycles. The Morgan fingerprint density at radius 1 is 1.14 bits per heavy atom. The van der Waals surface area contributed by atoms with Gasteiger partial charge in [-0.3, -0.25) is 4.90 Å². The highest BCUT2D eigenvalue weighted by Crippen LogP contribution is 2.44. The number of fused-ring (bicyclic) bond motifs is 1. The molecule has 5 N–H and O–H groups in total. The van der Waals surface area contributed by atoms with E-state index in [1.54, 1.807) is 0 Å². The van der Waals surface area contributed by atoms with Crippen LogP contribution in [0.15, 0.2) is 17.0 Å². The summed E-state index contributed by atoms with van der Waals surface area (Å²) in [5.41, 5.74) is -1.09. The number of rotatable bonds is 5. The third-order valence-corrected chi connectivity index (χ3v) is 8.46. The Balaban J connectivity index is 1.38. The molecule has 1 aromatic heterocycles. The zero-order valence-corrected chi connectivity index (χ0v) is 19.9. The maximum atomic E-state index is 13.7. The Hall–Kier alpha value is -2.13. The quantitative estimate of drug-likeness (QED) is 0.466. The first-order valence-electron chi connectivity index (χ1n) is 11.8. The number of halogens is 3. The van der Waals surface area contributed by atoms with Gasteiger partial charge < -0.3 is 10.6 Å². The highest BCUT2D eigenvalue weighted by Gasteiger charge is 2.41. The lowest BCUT2D eigenvalue weighted by molar-refractivity contribution is -0.139. The average molecular weight is 515 g/mol. The molecule has 192 valence electrons. The van der Waals surface area contributed by atoms with Crippen LogP contribution in [0, 0.1) is 0 Å². The molecule has 2 aromatic rings. The number of nitrogens with two attached hydrogens (primary N) is 1. The number of aromatic amines is 1. The third kappa shape index (κ3) is 5.07. The van der Waals surface area contributed by atoms with Crippen molar-refractivity contribution in [2.24, 2.45) is 5.14 Å². The van der Waals surface area contributed by atoms with Gasteiger partial charge >= 0.3 is 6.18 Å². The Bertz CT molecular complexity index is 1140. The van der Waals surface area contributed by atoms with Crippen LogP contribution in [0.1, 0.15) is 49.1 Å². The number of tetrazole rings is 1. The van der Waals surface area contributed by atoms with Crippen LogP contribution in [-0.4, -0.2) is 78.2 Å². The molecule has 0 bridgehead atoms. The molecule has 0 amide bonds. The summed E-state index contributed by atoms with van der Waals surface area (Å²) in [5.74, 6) is -0.366. The second-order valence-corrected chi connectivity index (χ2v) is 11.2. The van der Waals surface area contributed by atoms with E-state index in [0.717, 1.165) is 51.5 Å². The van der Waals surface area contributed by atoms with E-state index in [4.69, 9.17) is 5.14 Å². The molecule has 0 radical (unpaired) electrons. The first-order chi connectivity index (χ1) is 16.6. The fourth-order valence-electron chi connectivity index (χ4n) is 5.94. The summed E-state index contributed by atoms with van der Waals surface area (Å²) >= 11 is 0. The van der Waals surface area contributed by atoms with Crippen molar-refractivity contribution in [2.75, 3.05) is 26.2 Å². The minimum absolute atomic E-state index is 0.150. The second kappa shape index (κ2) is 9.39. The molecule has 1 saturated carbocycles. The zero-order valence-electron chi connectivity index (χ0n) is 19.1. The number of piperazine rings is 1. The van der Waals surface area contributed by atoms with E-state index in [1.807, 2.05) is 0 Å². The highest BCUT2D eigenvalue weighted by atomic mass is 32.2. The number of H-pyrrole nitrogens is 1. The lowest BCUT2D eigenvalue weighted by Gasteiger charge is -2.32. The number of benzene rings is 1. The minimum Gasteiger partial charge on any atom is -0.314 e. The van der Waals surface area contributed by atoms with E-state index in [9.17, 15) is 21.6 Å². The van der Waals surface area contributed by atoms with Gasteiger partial charge in [0.25, 0.3) is 0 Å². The van der Waals surface area contributed by atoms with Crippen LogP contribution in [0.5, 0.6) is 0 Å². The van der Waals surface area contributed by atoms with Crippen LogP contribution in [0.3, 0.4) is 0 Å².